The zero-order valence-corrected chi connectivity index (χ0v) is 13.2. The van der Waals surface area contributed by atoms with Gasteiger partial charge in [0.1, 0.15) is 6.10 Å². The monoisotopic (exact) mass is 309 g/mol. The van der Waals surface area contributed by atoms with Gasteiger partial charge in [-0.05, 0) is 17.7 Å². The zero-order valence-electron chi connectivity index (χ0n) is 13.2. The van der Waals surface area contributed by atoms with Crippen molar-refractivity contribution in [1.29, 1.82) is 0 Å². The Hall–Kier alpha value is -1.79. The summed E-state index contributed by atoms with van der Waals surface area (Å²) in [6.07, 6.45) is 1.20. The lowest BCUT2D eigenvalue weighted by Gasteiger charge is -2.29. The van der Waals surface area contributed by atoms with Gasteiger partial charge in [0.25, 0.3) is 0 Å². The molecule has 3 unspecified atom stereocenters. The number of carbonyl (C=O) groups excluding carboxylic acids is 1. The molecule has 0 aromatic heterocycles. The number of methoxy groups -OCH3 is 3. The Morgan fingerprint density at radius 2 is 2.00 bits per heavy atom. The van der Waals surface area contributed by atoms with E-state index in [0.717, 1.165) is 5.56 Å². The molecule has 0 spiro atoms. The molecule has 1 heterocycles. The van der Waals surface area contributed by atoms with Crippen molar-refractivity contribution in [3.8, 4) is 11.5 Å². The molecule has 1 saturated heterocycles. The Morgan fingerprint density at radius 3 is 2.64 bits per heavy atom. The number of hydrogen-bond acceptors (Lipinski definition) is 6. The van der Waals surface area contributed by atoms with E-state index in [0.29, 0.717) is 30.8 Å². The molecule has 0 radical (unpaired) electrons. The first-order valence-electron chi connectivity index (χ1n) is 7.27. The third-order valence-corrected chi connectivity index (χ3v) is 3.90. The van der Waals surface area contributed by atoms with Gasteiger partial charge in [-0.2, -0.15) is 0 Å². The number of rotatable bonds is 6. The summed E-state index contributed by atoms with van der Waals surface area (Å²) in [5, 5.41) is 0. The van der Waals surface area contributed by atoms with Crippen LogP contribution < -0.4 is 15.2 Å². The van der Waals surface area contributed by atoms with E-state index in [9.17, 15) is 4.79 Å². The second kappa shape index (κ2) is 7.47. The van der Waals surface area contributed by atoms with Crippen molar-refractivity contribution in [3.05, 3.63) is 23.8 Å². The van der Waals surface area contributed by atoms with Crippen LogP contribution in [0.1, 0.15) is 30.9 Å². The first-order chi connectivity index (χ1) is 10.6. The number of hydrogen-bond donors (Lipinski definition) is 1. The molecule has 2 rings (SSSR count). The molecular formula is C16H23NO5. The number of carbonyl (C=O) groups is 1. The van der Waals surface area contributed by atoms with Gasteiger partial charge >= 0.3 is 5.97 Å². The highest BCUT2D eigenvalue weighted by Crippen LogP contribution is 2.32. The summed E-state index contributed by atoms with van der Waals surface area (Å²) in [4.78, 5) is 11.6. The van der Waals surface area contributed by atoms with Crippen molar-refractivity contribution in [2.24, 2.45) is 5.73 Å². The molecule has 2 N–H and O–H groups in total. The van der Waals surface area contributed by atoms with E-state index >= 15 is 0 Å². The lowest BCUT2D eigenvalue weighted by Crippen LogP contribution is -2.35. The quantitative estimate of drug-likeness (QED) is 0.807. The molecule has 1 aromatic rings. The average Bonchev–Trinajstić information content (AvgIpc) is 2.53. The van der Waals surface area contributed by atoms with Gasteiger partial charge in [0.2, 0.25) is 0 Å². The van der Waals surface area contributed by atoms with Crippen LogP contribution >= 0.6 is 0 Å². The zero-order chi connectivity index (χ0) is 16.1. The molecular weight excluding hydrogens is 286 g/mol. The summed E-state index contributed by atoms with van der Waals surface area (Å²) in [6, 6.07) is 5.30. The molecule has 0 aliphatic carbocycles. The van der Waals surface area contributed by atoms with E-state index in [1.807, 2.05) is 18.2 Å². The predicted molar refractivity (Wildman–Crippen MR) is 81.0 cm³/mol. The van der Waals surface area contributed by atoms with Crippen molar-refractivity contribution in [2.75, 3.05) is 21.3 Å². The van der Waals surface area contributed by atoms with Crippen molar-refractivity contribution >= 4 is 5.97 Å². The average molecular weight is 309 g/mol. The largest absolute Gasteiger partial charge is 0.493 e. The van der Waals surface area contributed by atoms with E-state index in [2.05, 4.69) is 0 Å². The molecule has 1 aromatic carbocycles. The second-order valence-corrected chi connectivity index (χ2v) is 5.37. The van der Waals surface area contributed by atoms with Gasteiger partial charge < -0.3 is 24.7 Å². The van der Waals surface area contributed by atoms with Crippen molar-refractivity contribution in [1.82, 2.24) is 0 Å². The highest BCUT2D eigenvalue weighted by Gasteiger charge is 2.30. The fraction of sp³-hybridized carbons (Fsp3) is 0.562. The van der Waals surface area contributed by atoms with E-state index in [4.69, 9.17) is 24.7 Å². The Labute approximate surface area is 130 Å². The topological polar surface area (TPSA) is 80.0 Å². The minimum Gasteiger partial charge on any atom is -0.493 e. The van der Waals surface area contributed by atoms with Crippen LogP contribution in [0.25, 0.3) is 0 Å². The van der Waals surface area contributed by atoms with Crippen molar-refractivity contribution in [3.63, 3.8) is 0 Å². The Morgan fingerprint density at radius 1 is 1.27 bits per heavy atom. The van der Waals surface area contributed by atoms with Crippen LogP contribution in [0, 0.1) is 0 Å². The van der Waals surface area contributed by atoms with E-state index in [1.165, 1.54) is 0 Å². The normalized spacial score (nSPS) is 22.8. The standard InChI is InChI=1S/C16H23NO5/c1-19-11-7-12(22-16(18)9-11)8-13(17)10-4-5-14(20-2)15(6-10)21-3/h4-6,11-13H,7-9,17H2,1-3H3. The molecule has 122 valence electrons. The molecule has 6 nitrogen and oxygen atoms in total. The third-order valence-electron chi connectivity index (χ3n) is 3.90. The van der Waals surface area contributed by atoms with Crippen LogP contribution in [-0.2, 0) is 14.3 Å². The van der Waals surface area contributed by atoms with E-state index in [-0.39, 0.29) is 24.2 Å². The number of benzene rings is 1. The van der Waals surface area contributed by atoms with Crippen LogP contribution in [0.3, 0.4) is 0 Å². The second-order valence-electron chi connectivity index (χ2n) is 5.37. The molecule has 0 bridgehead atoms. The minimum atomic E-state index is -0.256. The van der Waals surface area contributed by atoms with Gasteiger partial charge in [-0.25, -0.2) is 0 Å². The summed E-state index contributed by atoms with van der Waals surface area (Å²) in [6.45, 7) is 0. The van der Waals surface area contributed by atoms with Crippen LogP contribution in [-0.4, -0.2) is 39.5 Å². The lowest BCUT2D eigenvalue weighted by molar-refractivity contribution is -0.162. The summed E-state index contributed by atoms with van der Waals surface area (Å²) in [5.41, 5.74) is 7.16. The van der Waals surface area contributed by atoms with Crippen molar-refractivity contribution in [2.45, 2.75) is 37.5 Å². The van der Waals surface area contributed by atoms with E-state index < -0.39 is 0 Å². The number of esters is 1. The Balaban J connectivity index is 2.05. The highest BCUT2D eigenvalue weighted by atomic mass is 16.6. The molecule has 0 saturated carbocycles. The van der Waals surface area contributed by atoms with E-state index in [1.54, 1.807) is 21.3 Å². The predicted octanol–water partition coefficient (Wildman–Crippen LogP) is 1.81. The smallest absolute Gasteiger partial charge is 0.308 e. The number of ether oxygens (including phenoxy) is 4. The van der Waals surface area contributed by atoms with Gasteiger partial charge in [-0.3, -0.25) is 4.79 Å². The molecule has 3 atom stereocenters. The minimum absolute atomic E-state index is 0.0937. The summed E-state index contributed by atoms with van der Waals surface area (Å²) < 4.78 is 21.1. The SMILES string of the molecule is COc1ccc(C(N)CC2CC(OC)CC(=O)O2)cc1OC. The maximum atomic E-state index is 11.6. The first kappa shape index (κ1) is 16.6. The van der Waals surface area contributed by atoms with Crippen LogP contribution in [0.2, 0.25) is 0 Å². The molecule has 1 aliphatic heterocycles. The van der Waals surface area contributed by atoms with Crippen molar-refractivity contribution < 1.29 is 23.7 Å². The summed E-state index contributed by atoms with van der Waals surface area (Å²) >= 11 is 0. The third kappa shape index (κ3) is 3.90. The van der Waals surface area contributed by atoms with Crippen LogP contribution in [0.5, 0.6) is 11.5 Å². The van der Waals surface area contributed by atoms with Gasteiger partial charge in [0, 0.05) is 26.0 Å². The molecule has 22 heavy (non-hydrogen) atoms. The highest BCUT2D eigenvalue weighted by molar-refractivity contribution is 5.71. The summed E-state index contributed by atoms with van der Waals surface area (Å²) in [5.74, 6) is 1.05. The van der Waals surface area contributed by atoms with Crippen LogP contribution in [0.15, 0.2) is 18.2 Å². The maximum absolute atomic E-state index is 11.6. The van der Waals surface area contributed by atoms with Gasteiger partial charge in [-0.15, -0.1) is 0 Å². The Bertz CT molecular complexity index is 519. The van der Waals surface area contributed by atoms with Gasteiger partial charge in [-0.1, -0.05) is 6.07 Å². The fourth-order valence-corrected chi connectivity index (χ4v) is 2.67. The molecule has 6 heteroatoms. The molecule has 1 fully saturated rings. The van der Waals surface area contributed by atoms with Gasteiger partial charge in [0.15, 0.2) is 11.5 Å². The maximum Gasteiger partial charge on any atom is 0.308 e. The first-order valence-corrected chi connectivity index (χ1v) is 7.27. The Kier molecular flexibility index (Phi) is 5.63. The van der Waals surface area contributed by atoms with Gasteiger partial charge in [0.05, 0.1) is 26.7 Å². The van der Waals surface area contributed by atoms with Crippen LogP contribution in [0.4, 0.5) is 0 Å². The number of nitrogens with two attached hydrogens (primary N) is 1. The fourth-order valence-electron chi connectivity index (χ4n) is 2.67. The number of cyclic esters (lactones) is 1. The molecule has 1 aliphatic rings. The molecule has 0 amide bonds. The summed E-state index contributed by atoms with van der Waals surface area (Å²) in [7, 11) is 4.78. The lowest BCUT2D eigenvalue weighted by atomic mass is 9.95.